The van der Waals surface area contributed by atoms with Crippen molar-refractivity contribution in [2.24, 2.45) is 5.73 Å². The number of nitrogens with zero attached hydrogens (tertiary/aromatic N) is 3. The first-order valence-electron chi connectivity index (χ1n) is 9.77. The van der Waals surface area contributed by atoms with E-state index < -0.39 is 0 Å². The number of nitrogens with two attached hydrogens (primary N) is 1. The van der Waals surface area contributed by atoms with Crippen LogP contribution in [0, 0.1) is 0 Å². The topological polar surface area (TPSA) is 110 Å². The van der Waals surface area contributed by atoms with Crippen LogP contribution >= 0.6 is 0 Å². The average Bonchev–Trinajstić information content (AvgIpc) is 3.30. The Morgan fingerprint density at radius 2 is 1.72 bits per heavy atom. The van der Waals surface area contributed by atoms with Gasteiger partial charge in [-0.2, -0.15) is 0 Å². The molecule has 8 nitrogen and oxygen atoms in total. The summed E-state index contributed by atoms with van der Waals surface area (Å²) in [6.07, 6.45) is 11.3. The summed E-state index contributed by atoms with van der Waals surface area (Å²) in [5.41, 5.74) is 14.9. The second kappa shape index (κ2) is 8.85. The minimum Gasteiger partial charge on any atom is -0.381 e. The van der Waals surface area contributed by atoms with E-state index in [0.717, 1.165) is 30.6 Å². The summed E-state index contributed by atoms with van der Waals surface area (Å²) in [5, 5.41) is 3.55. The third-order valence-electron chi connectivity index (χ3n) is 5.28. The molecule has 1 saturated carbocycles. The third-order valence-corrected chi connectivity index (χ3v) is 5.28. The molecule has 0 spiro atoms. The smallest absolute Gasteiger partial charge is 0.268 e. The number of nitrogens with one attached hydrogen (secondary N) is 3. The zero-order chi connectivity index (χ0) is 20.1. The standard InChI is InChI=1S/C21H25N7O/c22-20-18(25-16-6-8-17(9-7-16)28-10-1-2-11-28)4-3-5-19(20)26-27-21(29)15-12-23-14-24-13-15/h1-2,6-14,18-20,25-26H,3-5,22H2,(H,27,29). The molecule has 0 radical (unpaired) electrons. The number of hydrogen-bond donors (Lipinski definition) is 4. The molecule has 29 heavy (non-hydrogen) atoms. The van der Waals surface area contributed by atoms with Crippen molar-refractivity contribution < 1.29 is 4.79 Å². The van der Waals surface area contributed by atoms with Gasteiger partial charge in [-0.15, -0.1) is 0 Å². The lowest BCUT2D eigenvalue weighted by Gasteiger charge is -2.37. The molecule has 3 unspecified atom stereocenters. The second-order valence-corrected chi connectivity index (χ2v) is 7.23. The molecule has 8 heteroatoms. The van der Waals surface area contributed by atoms with Gasteiger partial charge in [0, 0.05) is 54.3 Å². The molecule has 2 aromatic heterocycles. The number of hydrazine groups is 1. The van der Waals surface area contributed by atoms with Crippen molar-refractivity contribution >= 4 is 11.6 Å². The van der Waals surface area contributed by atoms with Crippen LogP contribution in [0.1, 0.15) is 29.6 Å². The van der Waals surface area contributed by atoms with Gasteiger partial charge in [-0.25, -0.2) is 15.4 Å². The normalized spacial score (nSPS) is 21.5. The SMILES string of the molecule is NC1C(NNC(=O)c2cncnc2)CCCC1Nc1ccc(-n2cccc2)cc1. The predicted molar refractivity (Wildman–Crippen MR) is 111 cm³/mol. The van der Waals surface area contributed by atoms with E-state index in [1.165, 1.54) is 18.7 Å². The fourth-order valence-corrected chi connectivity index (χ4v) is 3.66. The lowest BCUT2D eigenvalue weighted by Crippen LogP contribution is -2.60. The number of amides is 1. The van der Waals surface area contributed by atoms with Crippen molar-refractivity contribution in [3.63, 3.8) is 0 Å². The fraction of sp³-hybridized carbons (Fsp3) is 0.286. The van der Waals surface area contributed by atoms with E-state index in [4.69, 9.17) is 5.73 Å². The lowest BCUT2D eigenvalue weighted by molar-refractivity contribution is 0.0915. The minimum absolute atomic E-state index is 0.0195. The van der Waals surface area contributed by atoms with Gasteiger partial charge in [-0.3, -0.25) is 10.2 Å². The van der Waals surface area contributed by atoms with Crippen molar-refractivity contribution in [3.8, 4) is 5.69 Å². The Morgan fingerprint density at radius 3 is 2.45 bits per heavy atom. The lowest BCUT2D eigenvalue weighted by atomic mass is 9.86. The average molecular weight is 391 g/mol. The molecule has 3 atom stereocenters. The van der Waals surface area contributed by atoms with Crippen LogP contribution in [0.2, 0.25) is 0 Å². The molecule has 0 bridgehead atoms. The van der Waals surface area contributed by atoms with Crippen LogP contribution in [0.4, 0.5) is 5.69 Å². The molecule has 1 aliphatic rings. The molecule has 4 rings (SSSR count). The van der Waals surface area contributed by atoms with Gasteiger partial charge in [-0.05, 0) is 55.7 Å². The van der Waals surface area contributed by atoms with E-state index in [1.807, 2.05) is 24.5 Å². The highest BCUT2D eigenvalue weighted by Gasteiger charge is 2.30. The van der Waals surface area contributed by atoms with Gasteiger partial charge in [0.05, 0.1) is 5.56 Å². The van der Waals surface area contributed by atoms with E-state index in [9.17, 15) is 4.79 Å². The Kier molecular flexibility index (Phi) is 5.83. The van der Waals surface area contributed by atoms with Crippen molar-refractivity contribution in [2.45, 2.75) is 37.4 Å². The first-order valence-corrected chi connectivity index (χ1v) is 9.77. The molecule has 0 aliphatic heterocycles. The fourth-order valence-electron chi connectivity index (χ4n) is 3.66. The monoisotopic (exact) mass is 391 g/mol. The van der Waals surface area contributed by atoms with Gasteiger partial charge in [-0.1, -0.05) is 0 Å². The van der Waals surface area contributed by atoms with Crippen LogP contribution in [0.25, 0.3) is 5.69 Å². The number of aromatic nitrogens is 3. The Hall–Kier alpha value is -3.23. The zero-order valence-electron chi connectivity index (χ0n) is 16.0. The van der Waals surface area contributed by atoms with Gasteiger partial charge in [0.25, 0.3) is 5.91 Å². The maximum absolute atomic E-state index is 12.2. The quantitative estimate of drug-likeness (QED) is 0.478. The van der Waals surface area contributed by atoms with E-state index in [-0.39, 0.29) is 24.0 Å². The molecule has 2 heterocycles. The van der Waals surface area contributed by atoms with Crippen LogP contribution in [0.15, 0.2) is 67.5 Å². The Balaban J connectivity index is 1.33. The van der Waals surface area contributed by atoms with Crippen LogP contribution < -0.4 is 21.9 Å². The molecule has 1 aromatic carbocycles. The molecule has 5 N–H and O–H groups in total. The number of hydrogen-bond acceptors (Lipinski definition) is 6. The summed E-state index contributed by atoms with van der Waals surface area (Å²) in [4.78, 5) is 19.9. The molecule has 150 valence electrons. The second-order valence-electron chi connectivity index (χ2n) is 7.23. The largest absolute Gasteiger partial charge is 0.381 e. The van der Waals surface area contributed by atoms with Gasteiger partial charge in [0.15, 0.2) is 0 Å². The molecule has 0 saturated heterocycles. The third kappa shape index (κ3) is 4.61. The highest BCUT2D eigenvalue weighted by atomic mass is 16.2. The van der Waals surface area contributed by atoms with Gasteiger partial charge in [0.1, 0.15) is 6.33 Å². The number of anilines is 1. The summed E-state index contributed by atoms with van der Waals surface area (Å²) in [5.74, 6) is -0.270. The summed E-state index contributed by atoms with van der Waals surface area (Å²) < 4.78 is 2.07. The van der Waals surface area contributed by atoms with E-state index in [0.29, 0.717) is 5.56 Å². The molecule has 3 aromatic rings. The highest BCUT2D eigenvalue weighted by molar-refractivity contribution is 5.93. The van der Waals surface area contributed by atoms with Crippen LogP contribution in [-0.2, 0) is 0 Å². The van der Waals surface area contributed by atoms with E-state index in [1.54, 1.807) is 0 Å². The number of rotatable bonds is 6. The van der Waals surface area contributed by atoms with Crippen LogP contribution in [-0.4, -0.2) is 38.6 Å². The summed E-state index contributed by atoms with van der Waals surface area (Å²) in [7, 11) is 0. The molecular weight excluding hydrogens is 366 g/mol. The van der Waals surface area contributed by atoms with Crippen molar-refractivity contribution in [1.82, 2.24) is 25.4 Å². The number of carbonyl (C=O) groups excluding carboxylic acids is 1. The Labute approximate surface area is 169 Å². The first kappa shape index (κ1) is 19.1. The number of benzene rings is 1. The number of carbonyl (C=O) groups is 1. The van der Waals surface area contributed by atoms with Crippen LogP contribution in [0.5, 0.6) is 0 Å². The molecule has 1 amide bonds. The van der Waals surface area contributed by atoms with E-state index >= 15 is 0 Å². The molecule has 1 aliphatic carbocycles. The van der Waals surface area contributed by atoms with E-state index in [2.05, 4.69) is 55.0 Å². The maximum atomic E-state index is 12.2. The van der Waals surface area contributed by atoms with Crippen LogP contribution in [0.3, 0.4) is 0 Å². The minimum atomic E-state index is -0.270. The molecular formula is C21H25N7O. The Bertz CT molecular complexity index is 912. The van der Waals surface area contributed by atoms with Gasteiger partial charge in [0.2, 0.25) is 0 Å². The van der Waals surface area contributed by atoms with Crippen molar-refractivity contribution in [3.05, 3.63) is 73.1 Å². The predicted octanol–water partition coefficient (Wildman–Crippen LogP) is 1.86. The van der Waals surface area contributed by atoms with Crippen molar-refractivity contribution in [1.29, 1.82) is 0 Å². The van der Waals surface area contributed by atoms with Gasteiger partial charge >= 0.3 is 0 Å². The maximum Gasteiger partial charge on any atom is 0.268 e. The zero-order valence-corrected chi connectivity index (χ0v) is 16.0. The first-order chi connectivity index (χ1) is 14.2. The highest BCUT2D eigenvalue weighted by Crippen LogP contribution is 2.22. The van der Waals surface area contributed by atoms with Crippen molar-refractivity contribution in [2.75, 3.05) is 5.32 Å². The summed E-state index contributed by atoms with van der Waals surface area (Å²) in [6.45, 7) is 0. The van der Waals surface area contributed by atoms with Gasteiger partial charge < -0.3 is 15.6 Å². The molecule has 1 fully saturated rings. The summed E-state index contributed by atoms with van der Waals surface area (Å²) >= 11 is 0. The Morgan fingerprint density at radius 1 is 1.03 bits per heavy atom. The summed E-state index contributed by atoms with van der Waals surface area (Å²) in [6, 6.07) is 12.3.